The van der Waals surface area contributed by atoms with Crippen LogP contribution in [0.1, 0.15) is 22.3 Å². The van der Waals surface area contributed by atoms with Crippen molar-refractivity contribution in [3.63, 3.8) is 0 Å². The van der Waals surface area contributed by atoms with Crippen LogP contribution < -0.4 is 0 Å². The maximum absolute atomic E-state index is 10.7. The number of nitrogens with zero attached hydrogens (tertiary/aromatic N) is 1. The molecule has 0 aliphatic carbocycles. The lowest BCUT2D eigenvalue weighted by atomic mass is 10.3. The molecule has 0 unspecified atom stereocenters. The van der Waals surface area contributed by atoms with E-state index in [0.29, 0.717) is 24.7 Å². The maximum Gasteiger partial charge on any atom is 0.338 e. The van der Waals surface area contributed by atoms with Crippen molar-refractivity contribution in [3.05, 3.63) is 28.3 Å². The lowest BCUT2D eigenvalue weighted by Gasteiger charge is -1.94. The van der Waals surface area contributed by atoms with Gasteiger partial charge in [0.25, 0.3) is 0 Å². The largest absolute Gasteiger partial charge is 0.478 e. The number of hydrogen-bond acceptors (Lipinski definition) is 5. The van der Waals surface area contributed by atoms with E-state index in [4.69, 9.17) is 14.3 Å². The van der Waals surface area contributed by atoms with Crippen LogP contribution in [0.3, 0.4) is 0 Å². The quantitative estimate of drug-likeness (QED) is 0.886. The van der Waals surface area contributed by atoms with Crippen molar-refractivity contribution in [1.82, 2.24) is 4.98 Å². The highest BCUT2D eigenvalue weighted by atomic mass is 32.1. The third-order valence-corrected chi connectivity index (χ3v) is 2.90. The zero-order valence-electron chi connectivity index (χ0n) is 9.17. The van der Waals surface area contributed by atoms with E-state index in [9.17, 15) is 4.79 Å². The highest BCUT2D eigenvalue weighted by Crippen LogP contribution is 2.24. The van der Waals surface area contributed by atoms with Gasteiger partial charge in [0.15, 0.2) is 5.76 Å². The number of rotatable bonds is 5. The predicted molar refractivity (Wildman–Crippen MR) is 62.1 cm³/mol. The van der Waals surface area contributed by atoms with E-state index in [2.05, 4.69) is 4.98 Å². The summed E-state index contributed by atoms with van der Waals surface area (Å²) < 4.78 is 10.4. The van der Waals surface area contributed by atoms with Gasteiger partial charge in [-0.1, -0.05) is 0 Å². The fraction of sp³-hybridized carbons (Fsp3) is 0.273. The minimum absolute atomic E-state index is 0.124. The molecule has 0 fully saturated rings. The van der Waals surface area contributed by atoms with Crippen molar-refractivity contribution in [2.45, 2.75) is 13.5 Å². The number of ether oxygens (including phenoxy) is 1. The van der Waals surface area contributed by atoms with E-state index < -0.39 is 5.97 Å². The first-order chi connectivity index (χ1) is 8.20. The summed E-state index contributed by atoms with van der Waals surface area (Å²) >= 11 is 1.46. The first-order valence-electron chi connectivity index (χ1n) is 5.05. The van der Waals surface area contributed by atoms with E-state index in [1.807, 2.05) is 12.3 Å². The van der Waals surface area contributed by atoms with Crippen LogP contribution in [-0.4, -0.2) is 22.7 Å². The lowest BCUT2D eigenvalue weighted by Crippen LogP contribution is -1.92. The van der Waals surface area contributed by atoms with Gasteiger partial charge >= 0.3 is 5.97 Å². The normalized spacial score (nSPS) is 10.6. The molecule has 0 saturated carbocycles. The van der Waals surface area contributed by atoms with Gasteiger partial charge in [-0.05, 0) is 6.92 Å². The second-order valence-electron chi connectivity index (χ2n) is 3.27. The Bertz CT molecular complexity index is 517. The number of carboxylic acid groups (broad SMARTS) is 1. The fourth-order valence-corrected chi connectivity index (χ4v) is 1.98. The van der Waals surface area contributed by atoms with Gasteiger partial charge in [-0.3, -0.25) is 0 Å². The molecule has 0 saturated heterocycles. The Hall–Kier alpha value is -1.66. The number of carboxylic acids is 1. The van der Waals surface area contributed by atoms with Crippen molar-refractivity contribution in [3.8, 4) is 11.5 Å². The standard InChI is InChI=1S/C11H11NO4S/c1-2-15-5-10-12-8(6-17-10)9-3-7(4-16-9)11(13)14/h3-4,6H,2,5H2,1H3,(H,13,14). The molecule has 2 aromatic heterocycles. The Balaban J connectivity index is 2.15. The summed E-state index contributed by atoms with van der Waals surface area (Å²) in [5.74, 6) is -0.550. The second kappa shape index (κ2) is 5.11. The van der Waals surface area contributed by atoms with Crippen molar-refractivity contribution in [1.29, 1.82) is 0 Å². The van der Waals surface area contributed by atoms with Crippen LogP contribution in [0.15, 0.2) is 22.1 Å². The zero-order valence-corrected chi connectivity index (χ0v) is 9.99. The molecule has 2 rings (SSSR count). The summed E-state index contributed by atoms with van der Waals surface area (Å²) in [7, 11) is 0. The smallest absolute Gasteiger partial charge is 0.338 e. The minimum atomic E-state index is -1.01. The Morgan fingerprint density at radius 2 is 2.47 bits per heavy atom. The molecule has 0 bridgehead atoms. The van der Waals surface area contributed by atoms with E-state index in [1.165, 1.54) is 23.7 Å². The summed E-state index contributed by atoms with van der Waals surface area (Å²) in [4.78, 5) is 15.0. The van der Waals surface area contributed by atoms with Gasteiger partial charge in [0.1, 0.15) is 17.0 Å². The molecular weight excluding hydrogens is 242 g/mol. The molecule has 0 aliphatic rings. The first kappa shape index (κ1) is 11.8. The van der Waals surface area contributed by atoms with Gasteiger partial charge in [0, 0.05) is 18.1 Å². The summed E-state index contributed by atoms with van der Waals surface area (Å²) in [5.41, 5.74) is 0.761. The van der Waals surface area contributed by atoms with E-state index in [0.717, 1.165) is 5.01 Å². The van der Waals surface area contributed by atoms with Gasteiger partial charge in [-0.15, -0.1) is 11.3 Å². The van der Waals surface area contributed by atoms with Crippen LogP contribution in [0.2, 0.25) is 0 Å². The molecule has 0 amide bonds. The number of carbonyl (C=O) groups is 1. The summed E-state index contributed by atoms with van der Waals surface area (Å²) in [5, 5.41) is 11.4. The predicted octanol–water partition coefficient (Wildman–Crippen LogP) is 2.64. The summed E-state index contributed by atoms with van der Waals surface area (Å²) in [6.45, 7) is 3.02. The van der Waals surface area contributed by atoms with Crippen LogP contribution >= 0.6 is 11.3 Å². The average molecular weight is 253 g/mol. The van der Waals surface area contributed by atoms with Crippen LogP contribution in [0.4, 0.5) is 0 Å². The van der Waals surface area contributed by atoms with Crippen LogP contribution in [0.5, 0.6) is 0 Å². The lowest BCUT2D eigenvalue weighted by molar-refractivity contribution is 0.0696. The minimum Gasteiger partial charge on any atom is -0.478 e. The number of aromatic carboxylic acids is 1. The molecule has 5 nitrogen and oxygen atoms in total. The first-order valence-corrected chi connectivity index (χ1v) is 5.93. The van der Waals surface area contributed by atoms with Crippen molar-refractivity contribution in [2.24, 2.45) is 0 Å². The number of thiazole rings is 1. The molecule has 2 heterocycles. The summed E-state index contributed by atoms with van der Waals surface area (Å²) in [6.07, 6.45) is 1.21. The highest BCUT2D eigenvalue weighted by Gasteiger charge is 2.12. The Morgan fingerprint density at radius 1 is 1.65 bits per heavy atom. The van der Waals surface area contributed by atoms with E-state index in [1.54, 1.807) is 0 Å². The molecule has 0 radical (unpaired) electrons. The topological polar surface area (TPSA) is 72.6 Å². The van der Waals surface area contributed by atoms with Gasteiger partial charge in [-0.2, -0.15) is 0 Å². The van der Waals surface area contributed by atoms with Gasteiger partial charge in [-0.25, -0.2) is 9.78 Å². The third kappa shape index (κ3) is 2.72. The Kier molecular flexibility index (Phi) is 3.55. The summed E-state index contributed by atoms with van der Waals surface area (Å²) in [6, 6.07) is 1.46. The zero-order chi connectivity index (χ0) is 12.3. The van der Waals surface area contributed by atoms with Crippen molar-refractivity contribution in [2.75, 3.05) is 6.61 Å². The Morgan fingerprint density at radius 3 is 3.12 bits per heavy atom. The fourth-order valence-electron chi connectivity index (χ4n) is 1.26. The average Bonchev–Trinajstić information content (AvgIpc) is 2.94. The van der Waals surface area contributed by atoms with Crippen LogP contribution in [0.25, 0.3) is 11.5 Å². The number of aromatic nitrogens is 1. The third-order valence-electron chi connectivity index (χ3n) is 2.08. The SMILES string of the molecule is CCOCc1nc(-c2cc(C(=O)O)co2)cs1. The molecule has 0 aliphatic heterocycles. The monoisotopic (exact) mass is 253 g/mol. The molecule has 6 heteroatoms. The second-order valence-corrected chi connectivity index (χ2v) is 4.21. The highest BCUT2D eigenvalue weighted by molar-refractivity contribution is 7.09. The van der Waals surface area contributed by atoms with Gasteiger partial charge in [0.05, 0.1) is 12.2 Å². The molecule has 1 N–H and O–H groups in total. The maximum atomic E-state index is 10.7. The molecule has 0 aromatic carbocycles. The molecule has 0 spiro atoms. The van der Waals surface area contributed by atoms with Gasteiger partial charge in [0.2, 0.25) is 0 Å². The van der Waals surface area contributed by atoms with Crippen LogP contribution in [-0.2, 0) is 11.3 Å². The molecular formula is C11H11NO4S. The Labute approximate surface area is 102 Å². The molecule has 0 atom stereocenters. The molecule has 2 aromatic rings. The van der Waals surface area contributed by atoms with Crippen molar-refractivity contribution >= 4 is 17.3 Å². The van der Waals surface area contributed by atoms with Crippen LogP contribution in [0, 0.1) is 0 Å². The van der Waals surface area contributed by atoms with Gasteiger partial charge < -0.3 is 14.3 Å². The molecule has 17 heavy (non-hydrogen) atoms. The van der Waals surface area contributed by atoms with E-state index in [-0.39, 0.29) is 5.56 Å². The molecule has 90 valence electrons. The van der Waals surface area contributed by atoms with E-state index >= 15 is 0 Å². The number of hydrogen-bond donors (Lipinski definition) is 1. The van der Waals surface area contributed by atoms with Crippen molar-refractivity contribution < 1.29 is 19.1 Å². The number of furan rings is 1.